The van der Waals surface area contributed by atoms with E-state index in [9.17, 15) is 0 Å². The summed E-state index contributed by atoms with van der Waals surface area (Å²) in [6, 6.07) is 3.84. The van der Waals surface area contributed by atoms with E-state index in [0.717, 1.165) is 25.4 Å². The van der Waals surface area contributed by atoms with Crippen molar-refractivity contribution in [3.8, 4) is 0 Å². The minimum Gasteiger partial charge on any atom is -0.384 e. The SMILES string of the molecule is CC1(C)COCCN1c1ccc(N)nc1. The monoisotopic (exact) mass is 207 g/mol. The van der Waals surface area contributed by atoms with Crippen LogP contribution in [-0.4, -0.2) is 30.3 Å². The van der Waals surface area contributed by atoms with Crippen LogP contribution < -0.4 is 10.6 Å². The Labute approximate surface area is 90.0 Å². The normalized spacial score (nSPS) is 20.3. The van der Waals surface area contributed by atoms with Crippen molar-refractivity contribution in [2.45, 2.75) is 19.4 Å². The molecule has 1 aromatic heterocycles. The molecule has 0 radical (unpaired) electrons. The number of anilines is 2. The number of pyridine rings is 1. The molecule has 82 valence electrons. The Balaban J connectivity index is 2.25. The van der Waals surface area contributed by atoms with Crippen LogP contribution in [0.3, 0.4) is 0 Å². The first-order valence-corrected chi connectivity index (χ1v) is 5.16. The minimum atomic E-state index is 0.0239. The molecule has 4 heteroatoms. The molecule has 0 amide bonds. The molecule has 1 aromatic rings. The van der Waals surface area contributed by atoms with Gasteiger partial charge in [-0.15, -0.1) is 0 Å². The molecule has 1 fully saturated rings. The van der Waals surface area contributed by atoms with Gasteiger partial charge in [-0.1, -0.05) is 0 Å². The average Bonchev–Trinajstić information content (AvgIpc) is 2.19. The van der Waals surface area contributed by atoms with Gasteiger partial charge in [0.25, 0.3) is 0 Å². The smallest absolute Gasteiger partial charge is 0.123 e. The molecule has 0 saturated carbocycles. The lowest BCUT2D eigenvalue weighted by atomic mass is 10.0. The maximum absolute atomic E-state index is 5.57. The fourth-order valence-electron chi connectivity index (χ4n) is 1.89. The highest BCUT2D eigenvalue weighted by molar-refractivity contribution is 5.50. The van der Waals surface area contributed by atoms with Crippen molar-refractivity contribution in [1.29, 1.82) is 0 Å². The van der Waals surface area contributed by atoms with Gasteiger partial charge in [0.2, 0.25) is 0 Å². The van der Waals surface area contributed by atoms with E-state index in [1.54, 1.807) is 0 Å². The molecule has 0 aliphatic carbocycles. The molecular weight excluding hydrogens is 190 g/mol. The van der Waals surface area contributed by atoms with Crippen molar-refractivity contribution in [3.05, 3.63) is 18.3 Å². The van der Waals surface area contributed by atoms with Crippen molar-refractivity contribution >= 4 is 11.5 Å². The second-order valence-electron chi connectivity index (χ2n) is 4.46. The van der Waals surface area contributed by atoms with E-state index in [2.05, 4.69) is 23.7 Å². The molecule has 1 aliphatic heterocycles. The molecular formula is C11H17N3O. The van der Waals surface area contributed by atoms with E-state index in [4.69, 9.17) is 10.5 Å². The Morgan fingerprint density at radius 3 is 2.87 bits per heavy atom. The summed E-state index contributed by atoms with van der Waals surface area (Å²) in [5, 5.41) is 0. The van der Waals surface area contributed by atoms with Crippen molar-refractivity contribution in [2.75, 3.05) is 30.4 Å². The zero-order valence-electron chi connectivity index (χ0n) is 9.23. The van der Waals surface area contributed by atoms with Crippen LogP contribution in [0.5, 0.6) is 0 Å². The molecule has 1 aliphatic rings. The number of nitrogens with two attached hydrogens (primary N) is 1. The van der Waals surface area contributed by atoms with Gasteiger partial charge in [-0.05, 0) is 26.0 Å². The predicted molar refractivity (Wildman–Crippen MR) is 60.9 cm³/mol. The highest BCUT2D eigenvalue weighted by Gasteiger charge is 2.30. The zero-order chi connectivity index (χ0) is 10.9. The van der Waals surface area contributed by atoms with Crippen LogP contribution in [0.2, 0.25) is 0 Å². The summed E-state index contributed by atoms with van der Waals surface area (Å²) in [6.45, 7) is 6.76. The Bertz CT molecular complexity index is 334. The van der Waals surface area contributed by atoms with E-state index in [1.807, 2.05) is 18.3 Å². The third kappa shape index (κ3) is 2.04. The molecule has 2 N–H and O–H groups in total. The number of rotatable bonds is 1. The van der Waals surface area contributed by atoms with Crippen molar-refractivity contribution < 1.29 is 4.74 Å². The van der Waals surface area contributed by atoms with Gasteiger partial charge in [-0.25, -0.2) is 4.98 Å². The Hall–Kier alpha value is -1.29. The van der Waals surface area contributed by atoms with Gasteiger partial charge in [0.1, 0.15) is 5.82 Å². The number of hydrogen-bond donors (Lipinski definition) is 1. The quantitative estimate of drug-likeness (QED) is 0.753. The van der Waals surface area contributed by atoms with Crippen LogP contribution >= 0.6 is 0 Å². The van der Waals surface area contributed by atoms with Crippen molar-refractivity contribution in [2.24, 2.45) is 0 Å². The molecule has 0 bridgehead atoms. The maximum atomic E-state index is 5.57. The Morgan fingerprint density at radius 1 is 1.47 bits per heavy atom. The van der Waals surface area contributed by atoms with Crippen LogP contribution in [0, 0.1) is 0 Å². The lowest BCUT2D eigenvalue weighted by Crippen LogP contribution is -2.53. The number of hydrogen-bond acceptors (Lipinski definition) is 4. The molecule has 1 saturated heterocycles. The highest BCUT2D eigenvalue weighted by Crippen LogP contribution is 2.26. The van der Waals surface area contributed by atoms with E-state index in [0.29, 0.717) is 5.82 Å². The van der Waals surface area contributed by atoms with Gasteiger partial charge in [-0.3, -0.25) is 0 Å². The van der Waals surface area contributed by atoms with E-state index in [1.165, 1.54) is 0 Å². The van der Waals surface area contributed by atoms with E-state index in [-0.39, 0.29) is 5.54 Å². The second kappa shape index (κ2) is 3.70. The van der Waals surface area contributed by atoms with Gasteiger partial charge >= 0.3 is 0 Å². The van der Waals surface area contributed by atoms with Crippen molar-refractivity contribution in [3.63, 3.8) is 0 Å². The number of aromatic nitrogens is 1. The lowest BCUT2D eigenvalue weighted by molar-refractivity contribution is 0.0644. The molecule has 0 atom stereocenters. The van der Waals surface area contributed by atoms with Gasteiger partial charge in [-0.2, -0.15) is 0 Å². The molecule has 0 unspecified atom stereocenters. The van der Waals surface area contributed by atoms with Crippen LogP contribution in [-0.2, 0) is 4.74 Å². The largest absolute Gasteiger partial charge is 0.384 e. The third-order valence-corrected chi connectivity index (χ3v) is 2.73. The van der Waals surface area contributed by atoms with Crippen LogP contribution in [0.1, 0.15) is 13.8 Å². The summed E-state index contributed by atoms with van der Waals surface area (Å²) in [4.78, 5) is 6.42. The fourth-order valence-corrected chi connectivity index (χ4v) is 1.89. The maximum Gasteiger partial charge on any atom is 0.123 e. The first-order chi connectivity index (χ1) is 7.09. The molecule has 15 heavy (non-hydrogen) atoms. The van der Waals surface area contributed by atoms with E-state index < -0.39 is 0 Å². The summed E-state index contributed by atoms with van der Waals surface area (Å²) in [5.41, 5.74) is 6.70. The molecule has 4 nitrogen and oxygen atoms in total. The molecule has 0 aromatic carbocycles. The zero-order valence-corrected chi connectivity index (χ0v) is 9.23. The number of morpholine rings is 1. The van der Waals surface area contributed by atoms with Crippen LogP contribution in [0.15, 0.2) is 18.3 Å². The third-order valence-electron chi connectivity index (χ3n) is 2.73. The second-order valence-corrected chi connectivity index (χ2v) is 4.46. The minimum absolute atomic E-state index is 0.0239. The van der Waals surface area contributed by atoms with Gasteiger partial charge in [0, 0.05) is 6.54 Å². The topological polar surface area (TPSA) is 51.4 Å². The molecule has 2 heterocycles. The van der Waals surface area contributed by atoms with E-state index >= 15 is 0 Å². The molecule has 0 spiro atoms. The molecule has 2 rings (SSSR count). The summed E-state index contributed by atoms with van der Waals surface area (Å²) in [7, 11) is 0. The number of nitrogen functional groups attached to an aromatic ring is 1. The Kier molecular flexibility index (Phi) is 2.52. The summed E-state index contributed by atoms with van der Waals surface area (Å²) >= 11 is 0. The first-order valence-electron chi connectivity index (χ1n) is 5.16. The highest BCUT2D eigenvalue weighted by atomic mass is 16.5. The Morgan fingerprint density at radius 2 is 2.27 bits per heavy atom. The fraction of sp³-hybridized carbons (Fsp3) is 0.545. The average molecular weight is 207 g/mol. The van der Waals surface area contributed by atoms with Crippen molar-refractivity contribution in [1.82, 2.24) is 4.98 Å². The summed E-state index contributed by atoms with van der Waals surface area (Å²) in [6.07, 6.45) is 1.82. The van der Waals surface area contributed by atoms with Gasteiger partial charge < -0.3 is 15.4 Å². The summed E-state index contributed by atoms with van der Waals surface area (Å²) in [5.74, 6) is 0.560. The number of ether oxygens (including phenoxy) is 1. The predicted octanol–water partition coefficient (Wildman–Crippen LogP) is 1.28. The van der Waals surface area contributed by atoms with Crippen LogP contribution in [0.4, 0.5) is 11.5 Å². The number of nitrogens with zero attached hydrogens (tertiary/aromatic N) is 2. The summed E-state index contributed by atoms with van der Waals surface area (Å²) < 4.78 is 5.47. The first kappa shape index (κ1) is 10.2. The standard InChI is InChI=1S/C11H17N3O/c1-11(2)8-15-6-5-14(11)9-3-4-10(12)13-7-9/h3-4,7H,5-6,8H2,1-2H3,(H2,12,13). The van der Waals surface area contributed by atoms with Gasteiger partial charge in [0.15, 0.2) is 0 Å². The van der Waals surface area contributed by atoms with Crippen LogP contribution in [0.25, 0.3) is 0 Å². The lowest BCUT2D eigenvalue weighted by Gasteiger charge is -2.43. The van der Waals surface area contributed by atoms with Gasteiger partial charge in [0.05, 0.1) is 30.6 Å².